The van der Waals surface area contributed by atoms with Gasteiger partial charge in [-0.15, -0.1) is 23.4 Å². The van der Waals surface area contributed by atoms with Crippen LogP contribution in [0.3, 0.4) is 0 Å². The van der Waals surface area contributed by atoms with Gasteiger partial charge in [0.2, 0.25) is 11.8 Å². The number of fused-ring (bicyclic) bond motifs is 3. The Morgan fingerprint density at radius 1 is 1.08 bits per heavy atom. The maximum absolute atomic E-state index is 13.8. The van der Waals surface area contributed by atoms with E-state index < -0.39 is 28.7 Å². The van der Waals surface area contributed by atoms with Gasteiger partial charge in [0.25, 0.3) is 0 Å². The van der Waals surface area contributed by atoms with E-state index in [4.69, 9.17) is 16.3 Å². The fourth-order valence-corrected chi connectivity index (χ4v) is 8.62. The van der Waals surface area contributed by atoms with Crippen LogP contribution < -0.4 is 16.0 Å². The largest absolute Gasteiger partial charge is 0.391 e. The molecule has 0 aromatic heterocycles. The highest BCUT2D eigenvalue weighted by Gasteiger charge is 2.55. The van der Waals surface area contributed by atoms with Crippen LogP contribution in [-0.2, 0) is 14.3 Å². The summed E-state index contributed by atoms with van der Waals surface area (Å²) in [5.74, 6) is 1.40. The van der Waals surface area contributed by atoms with E-state index in [1.54, 1.807) is 11.8 Å². The van der Waals surface area contributed by atoms with Crippen molar-refractivity contribution in [3.8, 4) is 0 Å². The summed E-state index contributed by atoms with van der Waals surface area (Å²) in [5.41, 5.74) is -1.10. The van der Waals surface area contributed by atoms with Crippen LogP contribution in [-0.4, -0.2) is 75.5 Å². The molecule has 5 aliphatic carbocycles. The van der Waals surface area contributed by atoms with Crippen molar-refractivity contribution < 1.29 is 23.8 Å². The molecule has 6 rings (SSSR count). The third-order valence-corrected chi connectivity index (χ3v) is 11.2. The number of carbonyl (C=O) groups excluding carboxylic acids is 2. The Labute approximate surface area is 222 Å². The van der Waals surface area contributed by atoms with Crippen LogP contribution in [0.15, 0.2) is 0 Å². The van der Waals surface area contributed by atoms with Crippen LogP contribution in [0.1, 0.15) is 83.5 Å². The van der Waals surface area contributed by atoms with Gasteiger partial charge in [-0.05, 0) is 63.7 Å². The molecule has 36 heavy (non-hydrogen) atoms. The minimum Gasteiger partial charge on any atom is -0.391 e. The Morgan fingerprint density at radius 2 is 1.83 bits per heavy atom. The number of hydrogen-bond acceptors (Lipinski definition) is 6. The number of nitrogens with one attached hydrogen (secondary N) is 3. The molecule has 5 saturated carbocycles. The molecule has 6 aliphatic rings. The lowest BCUT2D eigenvalue weighted by Crippen LogP contribution is -2.71. The normalized spacial score (nSPS) is 43.3. The van der Waals surface area contributed by atoms with Crippen molar-refractivity contribution in [3.63, 3.8) is 0 Å². The first-order chi connectivity index (χ1) is 17.3. The van der Waals surface area contributed by atoms with Crippen molar-refractivity contribution in [1.29, 1.82) is 0 Å². The Kier molecular flexibility index (Phi) is 8.43. The lowest BCUT2D eigenvalue weighted by atomic mass is 9.60. The van der Waals surface area contributed by atoms with Crippen molar-refractivity contribution in [2.75, 3.05) is 12.4 Å². The Bertz CT molecular complexity index is 808. The Balaban J connectivity index is 1.08. The summed E-state index contributed by atoms with van der Waals surface area (Å²) in [5, 5.41) is 20.3. The van der Waals surface area contributed by atoms with Crippen molar-refractivity contribution in [2.24, 2.45) is 5.92 Å². The third kappa shape index (κ3) is 5.85. The maximum atomic E-state index is 13.8. The molecule has 0 spiro atoms. The second kappa shape index (κ2) is 11.2. The number of carbonyl (C=O) groups is 2. The topological polar surface area (TPSA) is 99.7 Å². The van der Waals surface area contributed by atoms with Gasteiger partial charge in [-0.1, -0.05) is 19.3 Å². The Morgan fingerprint density at radius 3 is 2.53 bits per heavy atom. The van der Waals surface area contributed by atoms with Crippen LogP contribution in [0.4, 0.5) is 4.39 Å². The molecule has 10 heteroatoms. The molecule has 7 nitrogen and oxygen atoms in total. The number of ether oxygens (including phenoxy) is 1. The van der Waals surface area contributed by atoms with Gasteiger partial charge in [0, 0.05) is 23.8 Å². The van der Waals surface area contributed by atoms with E-state index in [1.807, 2.05) is 0 Å². The Hall–Kier alpha value is -0.610. The highest BCUT2D eigenvalue weighted by atomic mass is 35.5. The molecule has 204 valence electrons. The van der Waals surface area contributed by atoms with Gasteiger partial charge >= 0.3 is 0 Å². The monoisotopic (exact) mass is 545 g/mol. The first-order valence-corrected chi connectivity index (χ1v) is 15.3. The van der Waals surface area contributed by atoms with Gasteiger partial charge in [-0.25, -0.2) is 4.39 Å². The number of amides is 2. The quantitative estimate of drug-likeness (QED) is 0.367. The minimum absolute atomic E-state index is 0.0233. The number of rotatable bonds is 7. The predicted molar refractivity (Wildman–Crippen MR) is 139 cm³/mol. The number of hydrogen-bond donors (Lipinski definition) is 4. The fraction of sp³-hybridized carbons (Fsp3) is 0.923. The molecule has 6 atom stereocenters. The first-order valence-electron chi connectivity index (χ1n) is 13.9. The van der Waals surface area contributed by atoms with Gasteiger partial charge in [-0.2, -0.15) is 0 Å². The van der Waals surface area contributed by atoms with Crippen LogP contribution in [0.25, 0.3) is 0 Å². The van der Waals surface area contributed by atoms with Gasteiger partial charge in [0.1, 0.15) is 18.2 Å². The number of aliphatic hydroxyl groups excluding tert-OH is 1. The molecule has 2 amide bonds. The average molecular weight is 546 g/mol. The molecule has 2 bridgehead atoms. The second-order valence-corrected chi connectivity index (χ2v) is 13.6. The van der Waals surface area contributed by atoms with Gasteiger partial charge < -0.3 is 20.5 Å². The molecule has 0 aromatic carbocycles. The lowest BCUT2D eigenvalue weighted by Gasteiger charge is -2.56. The van der Waals surface area contributed by atoms with E-state index in [1.165, 1.54) is 32.1 Å². The molecular formula is C26H41ClFN3O4S. The minimum atomic E-state index is -1.11. The number of thioether (sulfide) groups is 1. The number of aliphatic hydroxyl groups is 1. The first kappa shape index (κ1) is 27.0. The summed E-state index contributed by atoms with van der Waals surface area (Å²) in [6.45, 7) is -0.145. The number of halogens is 2. The zero-order chi connectivity index (χ0) is 25.3. The zero-order valence-corrected chi connectivity index (χ0v) is 22.6. The third-order valence-electron chi connectivity index (χ3n) is 9.46. The van der Waals surface area contributed by atoms with E-state index in [9.17, 15) is 19.1 Å². The summed E-state index contributed by atoms with van der Waals surface area (Å²) in [6.07, 6.45) is 8.81. The summed E-state index contributed by atoms with van der Waals surface area (Å²) < 4.78 is 19.5. The molecule has 4 N–H and O–H groups in total. The van der Waals surface area contributed by atoms with Crippen LogP contribution in [0.5, 0.6) is 0 Å². The van der Waals surface area contributed by atoms with Crippen molar-refractivity contribution >= 4 is 35.2 Å². The van der Waals surface area contributed by atoms with Crippen LogP contribution in [0, 0.1) is 5.92 Å². The molecule has 1 aliphatic heterocycles. The van der Waals surface area contributed by atoms with Crippen molar-refractivity contribution in [3.05, 3.63) is 0 Å². The molecule has 0 aromatic rings. The van der Waals surface area contributed by atoms with Gasteiger partial charge in [0.05, 0.1) is 23.1 Å². The standard InChI is InChI=1S/C26H41ClFN3O4S/c27-18-7-6-17(12-19(18)28)35-14-22(33)30-26-10-8-25(9-11-26,13-21(26)32)31-23(34)24-29-20(15-36-24)16-4-2-1-3-5-16/h16-21,24,29,32H,1-15H2,(H,30,33)(H,31,34)/t17?,18?,19?,20?,21-,24?,25?,26?/m0/s1. The average Bonchev–Trinajstić information content (AvgIpc) is 3.37. The maximum Gasteiger partial charge on any atom is 0.247 e. The highest BCUT2D eigenvalue weighted by Crippen LogP contribution is 2.47. The second-order valence-electron chi connectivity index (χ2n) is 11.9. The lowest BCUT2D eigenvalue weighted by molar-refractivity contribution is -0.140. The van der Waals surface area contributed by atoms with Gasteiger partial charge in [-0.3, -0.25) is 14.9 Å². The molecule has 1 heterocycles. The fourth-order valence-electron chi connectivity index (χ4n) is 7.14. The van der Waals surface area contributed by atoms with Crippen molar-refractivity contribution in [1.82, 2.24) is 16.0 Å². The summed E-state index contributed by atoms with van der Waals surface area (Å²) in [7, 11) is 0. The summed E-state index contributed by atoms with van der Waals surface area (Å²) >= 11 is 7.63. The van der Waals surface area contributed by atoms with Crippen molar-refractivity contribution in [2.45, 2.75) is 130 Å². The van der Waals surface area contributed by atoms with Crippen LogP contribution >= 0.6 is 23.4 Å². The highest BCUT2D eigenvalue weighted by molar-refractivity contribution is 8.00. The van der Waals surface area contributed by atoms with E-state index in [0.717, 1.165) is 18.6 Å². The molecule has 6 fully saturated rings. The zero-order valence-electron chi connectivity index (χ0n) is 21.0. The molecule has 1 saturated heterocycles. The number of alkyl halides is 2. The molecular weight excluding hydrogens is 505 g/mol. The van der Waals surface area contributed by atoms with E-state index in [2.05, 4.69) is 16.0 Å². The summed E-state index contributed by atoms with van der Waals surface area (Å²) in [4.78, 5) is 25.8. The summed E-state index contributed by atoms with van der Waals surface area (Å²) in [6, 6.07) is 0.415. The van der Waals surface area contributed by atoms with E-state index in [0.29, 0.717) is 44.1 Å². The molecule has 0 radical (unpaired) electrons. The van der Waals surface area contributed by atoms with E-state index >= 15 is 0 Å². The van der Waals surface area contributed by atoms with Gasteiger partial charge in [0.15, 0.2) is 0 Å². The van der Waals surface area contributed by atoms with E-state index in [-0.39, 0.29) is 36.3 Å². The molecule has 5 unspecified atom stereocenters. The predicted octanol–water partition coefficient (Wildman–Crippen LogP) is 3.16. The van der Waals surface area contributed by atoms with Crippen LogP contribution in [0.2, 0.25) is 0 Å². The smallest absolute Gasteiger partial charge is 0.247 e. The SMILES string of the molecule is O=C(COC1CCC(Cl)C(F)C1)NC12CCC(NC(=O)C3NC(C4CCCCC4)CS3)(CC1)C[C@@H]2O.